The van der Waals surface area contributed by atoms with E-state index in [-0.39, 0.29) is 27.2 Å². The molecule has 0 fully saturated rings. The first-order chi connectivity index (χ1) is 12.9. The van der Waals surface area contributed by atoms with E-state index in [4.69, 9.17) is 32.7 Å². The number of hydrogen-bond donors (Lipinski definition) is 1. The van der Waals surface area contributed by atoms with E-state index in [1.54, 1.807) is 6.07 Å². The van der Waals surface area contributed by atoms with E-state index >= 15 is 0 Å². The lowest BCUT2D eigenvalue weighted by Gasteiger charge is -2.18. The molecule has 2 aromatic carbocycles. The smallest absolute Gasteiger partial charge is 0.283 e. The third-order valence-corrected chi connectivity index (χ3v) is 4.48. The summed E-state index contributed by atoms with van der Waals surface area (Å²) < 4.78 is 23.7. The zero-order valence-corrected chi connectivity index (χ0v) is 15.7. The van der Waals surface area contributed by atoms with Crippen LogP contribution in [0.15, 0.2) is 47.1 Å². The third-order valence-electron chi connectivity index (χ3n) is 3.84. The summed E-state index contributed by atoms with van der Waals surface area (Å²) in [6.07, 6.45) is 0. The van der Waals surface area contributed by atoms with Crippen molar-refractivity contribution in [2.24, 2.45) is 0 Å². The number of ether oxygens (including phenoxy) is 2. The molecular weight excluding hydrogens is 398 g/mol. The van der Waals surface area contributed by atoms with E-state index in [2.05, 4.69) is 5.32 Å². The predicted octanol–water partition coefficient (Wildman–Crippen LogP) is 3.93. The summed E-state index contributed by atoms with van der Waals surface area (Å²) in [5.74, 6) is -1.27. The molecule has 0 aliphatic carbocycles. The van der Waals surface area contributed by atoms with Crippen LogP contribution >= 0.6 is 23.2 Å². The van der Waals surface area contributed by atoms with E-state index < -0.39 is 17.6 Å². The zero-order valence-electron chi connectivity index (χ0n) is 14.2. The number of carbonyl (C=O) groups is 2. The molecule has 0 saturated heterocycles. The average molecular weight is 411 g/mol. The molecule has 2 amide bonds. The van der Waals surface area contributed by atoms with E-state index in [1.807, 2.05) is 0 Å². The Morgan fingerprint density at radius 3 is 2.37 bits per heavy atom. The van der Waals surface area contributed by atoms with Crippen molar-refractivity contribution in [2.45, 2.75) is 0 Å². The van der Waals surface area contributed by atoms with E-state index in [0.717, 1.165) is 11.0 Å². The van der Waals surface area contributed by atoms with Crippen molar-refractivity contribution < 1.29 is 23.5 Å². The van der Waals surface area contributed by atoms with Gasteiger partial charge in [-0.2, -0.15) is 0 Å². The Bertz CT molecular complexity index is 978. The lowest BCUT2D eigenvalue weighted by molar-refractivity contribution is -0.120. The predicted molar refractivity (Wildman–Crippen MR) is 100.0 cm³/mol. The summed E-state index contributed by atoms with van der Waals surface area (Å²) in [5.41, 5.74) is 0.363. The number of hydrogen-bond acceptors (Lipinski definition) is 5. The Morgan fingerprint density at radius 2 is 1.74 bits per heavy atom. The fraction of sp³-hybridized carbons (Fsp3) is 0.111. The van der Waals surface area contributed by atoms with Crippen LogP contribution in [0.4, 0.5) is 15.8 Å². The fourth-order valence-corrected chi connectivity index (χ4v) is 2.91. The number of carbonyl (C=O) groups excluding carboxylic acids is 2. The molecule has 0 bridgehead atoms. The van der Waals surface area contributed by atoms with Gasteiger partial charge in [0.05, 0.1) is 24.9 Å². The van der Waals surface area contributed by atoms with Crippen LogP contribution in [0.3, 0.4) is 0 Å². The molecule has 0 spiro atoms. The second kappa shape index (κ2) is 7.46. The van der Waals surface area contributed by atoms with Crippen molar-refractivity contribution in [1.29, 1.82) is 0 Å². The topological polar surface area (TPSA) is 67.9 Å². The highest BCUT2D eigenvalue weighted by Crippen LogP contribution is 2.37. The summed E-state index contributed by atoms with van der Waals surface area (Å²) >= 11 is 11.8. The monoisotopic (exact) mass is 410 g/mol. The summed E-state index contributed by atoms with van der Waals surface area (Å²) in [6.45, 7) is 0. The summed E-state index contributed by atoms with van der Waals surface area (Å²) in [7, 11) is 2.88. The van der Waals surface area contributed by atoms with Crippen LogP contribution in [-0.2, 0) is 9.59 Å². The fourth-order valence-electron chi connectivity index (χ4n) is 2.52. The molecule has 1 aliphatic rings. The van der Waals surface area contributed by atoms with Crippen molar-refractivity contribution in [1.82, 2.24) is 0 Å². The number of nitrogens with one attached hydrogen (secondary N) is 1. The van der Waals surface area contributed by atoms with Crippen LogP contribution < -0.4 is 19.7 Å². The maximum atomic E-state index is 13.3. The Kier molecular flexibility index (Phi) is 5.25. The van der Waals surface area contributed by atoms with Gasteiger partial charge in [-0.15, -0.1) is 0 Å². The first kappa shape index (κ1) is 19.0. The van der Waals surface area contributed by atoms with Crippen molar-refractivity contribution >= 4 is 46.4 Å². The summed E-state index contributed by atoms with van der Waals surface area (Å²) in [4.78, 5) is 26.3. The summed E-state index contributed by atoms with van der Waals surface area (Å²) in [5, 5.41) is 2.27. The van der Waals surface area contributed by atoms with E-state index in [0.29, 0.717) is 11.4 Å². The molecular formula is C18H13Cl2FN2O4. The molecule has 6 nitrogen and oxygen atoms in total. The molecule has 1 heterocycles. The van der Waals surface area contributed by atoms with E-state index in [1.165, 1.54) is 38.5 Å². The van der Waals surface area contributed by atoms with Gasteiger partial charge in [-0.3, -0.25) is 9.59 Å². The Labute approximate surface area is 164 Å². The van der Waals surface area contributed by atoms with Crippen molar-refractivity contribution in [3.8, 4) is 11.5 Å². The van der Waals surface area contributed by atoms with Gasteiger partial charge in [0, 0.05) is 11.8 Å². The number of imide groups is 1. The lowest BCUT2D eigenvalue weighted by atomic mass is 10.2. The number of nitrogens with zero attached hydrogens (tertiary/aromatic N) is 1. The first-order valence-electron chi connectivity index (χ1n) is 7.60. The van der Waals surface area contributed by atoms with Gasteiger partial charge in [0.2, 0.25) is 0 Å². The largest absolute Gasteiger partial charge is 0.497 e. The number of anilines is 2. The molecule has 2 aromatic rings. The van der Waals surface area contributed by atoms with Gasteiger partial charge >= 0.3 is 0 Å². The highest BCUT2D eigenvalue weighted by atomic mass is 35.5. The molecule has 3 rings (SSSR count). The van der Waals surface area contributed by atoms with Crippen LogP contribution in [0.5, 0.6) is 11.5 Å². The molecule has 1 N–H and O–H groups in total. The van der Waals surface area contributed by atoms with Crippen LogP contribution in [-0.4, -0.2) is 26.0 Å². The molecule has 0 aromatic heterocycles. The van der Waals surface area contributed by atoms with E-state index in [9.17, 15) is 14.0 Å². The molecule has 140 valence electrons. The first-order valence-corrected chi connectivity index (χ1v) is 8.35. The normalized spacial score (nSPS) is 14.0. The second-order valence-corrected chi connectivity index (χ2v) is 6.21. The molecule has 1 aliphatic heterocycles. The SMILES string of the molecule is COc1ccc(N2C(=O)C(Cl)=C(Nc3ccc(F)c(Cl)c3)C2=O)c(OC)c1. The molecule has 0 unspecified atom stereocenters. The minimum Gasteiger partial charge on any atom is -0.497 e. The van der Waals surface area contributed by atoms with Gasteiger partial charge in [-0.05, 0) is 30.3 Å². The third kappa shape index (κ3) is 3.43. The van der Waals surface area contributed by atoms with Crippen LogP contribution in [0, 0.1) is 5.82 Å². The van der Waals surface area contributed by atoms with Gasteiger partial charge < -0.3 is 14.8 Å². The molecule has 0 radical (unpaired) electrons. The maximum Gasteiger partial charge on any atom is 0.283 e. The lowest BCUT2D eigenvalue weighted by Crippen LogP contribution is -2.32. The Balaban J connectivity index is 1.95. The number of benzene rings is 2. The van der Waals surface area contributed by atoms with Gasteiger partial charge in [0.15, 0.2) is 0 Å². The number of halogens is 3. The minimum absolute atomic E-state index is 0.137. The van der Waals surface area contributed by atoms with Crippen LogP contribution in [0.2, 0.25) is 5.02 Å². The van der Waals surface area contributed by atoms with Gasteiger partial charge in [0.25, 0.3) is 11.8 Å². The number of amides is 2. The van der Waals surface area contributed by atoms with Gasteiger partial charge in [-0.1, -0.05) is 23.2 Å². The second-order valence-electron chi connectivity index (χ2n) is 5.43. The van der Waals surface area contributed by atoms with Gasteiger partial charge in [0.1, 0.15) is 28.0 Å². The highest BCUT2D eigenvalue weighted by molar-refractivity contribution is 6.53. The zero-order chi connectivity index (χ0) is 19.7. The van der Waals surface area contributed by atoms with Crippen LogP contribution in [0.25, 0.3) is 0 Å². The quantitative estimate of drug-likeness (QED) is 0.756. The highest BCUT2D eigenvalue weighted by Gasteiger charge is 2.40. The molecule has 0 saturated carbocycles. The molecule has 9 heteroatoms. The van der Waals surface area contributed by atoms with Crippen molar-refractivity contribution in [2.75, 3.05) is 24.4 Å². The van der Waals surface area contributed by atoms with Crippen molar-refractivity contribution in [3.63, 3.8) is 0 Å². The minimum atomic E-state index is -0.721. The Hall–Kier alpha value is -2.77. The molecule has 0 atom stereocenters. The average Bonchev–Trinajstić information content (AvgIpc) is 2.87. The standard InChI is InChI=1S/C18H13Cl2FN2O4/c1-26-10-4-6-13(14(8-10)27-2)23-17(24)15(20)16(18(23)25)22-9-3-5-12(21)11(19)7-9/h3-8,22H,1-2H3. The van der Waals surface area contributed by atoms with Crippen LogP contribution in [0.1, 0.15) is 0 Å². The number of methoxy groups -OCH3 is 2. The Morgan fingerprint density at radius 1 is 1.00 bits per heavy atom. The van der Waals surface area contributed by atoms with Crippen molar-refractivity contribution in [3.05, 3.63) is 58.0 Å². The van der Waals surface area contributed by atoms with Gasteiger partial charge in [-0.25, -0.2) is 9.29 Å². The maximum absolute atomic E-state index is 13.3. The number of rotatable bonds is 5. The molecule has 27 heavy (non-hydrogen) atoms. The summed E-state index contributed by atoms with van der Waals surface area (Å²) in [6, 6.07) is 8.40.